The summed E-state index contributed by atoms with van der Waals surface area (Å²) in [4.78, 5) is 21.3. The van der Waals surface area contributed by atoms with Crippen LogP contribution in [0.4, 0.5) is 0 Å². The Balaban J connectivity index is 1.89. The number of aliphatic hydroxyl groups is 1. The van der Waals surface area contributed by atoms with Crippen molar-refractivity contribution < 1.29 is 5.11 Å². The van der Waals surface area contributed by atoms with Crippen LogP contribution in [0.2, 0.25) is 0 Å². The summed E-state index contributed by atoms with van der Waals surface area (Å²) in [6.45, 7) is 3.68. The van der Waals surface area contributed by atoms with Crippen LogP contribution in [-0.4, -0.2) is 38.7 Å². The Bertz CT molecular complexity index is 663. The third-order valence-electron chi connectivity index (χ3n) is 3.57. The third kappa shape index (κ3) is 2.52. The molecular weight excluding hydrogens is 242 g/mol. The van der Waals surface area contributed by atoms with E-state index in [1.54, 1.807) is 0 Å². The summed E-state index contributed by atoms with van der Waals surface area (Å²) in [5.74, 6) is 0. The number of fused-ring (bicyclic) bond motifs is 1. The molecule has 1 aliphatic rings. The number of aromatic nitrogens is 2. The quantitative estimate of drug-likeness (QED) is 0.840. The monoisotopic (exact) mass is 259 g/mol. The first-order chi connectivity index (χ1) is 9.03. The molecule has 0 amide bonds. The van der Waals surface area contributed by atoms with Crippen LogP contribution >= 0.6 is 0 Å². The van der Waals surface area contributed by atoms with E-state index >= 15 is 0 Å². The van der Waals surface area contributed by atoms with E-state index in [1.807, 2.05) is 31.2 Å². The Kier molecular flexibility index (Phi) is 2.88. The van der Waals surface area contributed by atoms with Crippen molar-refractivity contribution in [2.75, 3.05) is 13.1 Å². The van der Waals surface area contributed by atoms with Crippen molar-refractivity contribution in [2.45, 2.75) is 25.5 Å². The molecule has 2 N–H and O–H groups in total. The molecule has 5 heteroatoms. The predicted molar refractivity (Wildman–Crippen MR) is 72.9 cm³/mol. The number of likely N-dealkylation sites (tertiary alicyclic amines) is 1. The van der Waals surface area contributed by atoms with E-state index in [1.165, 1.54) is 0 Å². The highest BCUT2D eigenvalue weighted by Gasteiger charge is 2.31. The molecule has 0 radical (unpaired) electrons. The minimum absolute atomic E-state index is 0.148. The van der Waals surface area contributed by atoms with Crippen LogP contribution in [0.3, 0.4) is 0 Å². The van der Waals surface area contributed by atoms with Gasteiger partial charge in [0.15, 0.2) is 0 Å². The number of benzene rings is 1. The molecule has 100 valence electrons. The first-order valence-corrected chi connectivity index (χ1v) is 6.46. The summed E-state index contributed by atoms with van der Waals surface area (Å²) >= 11 is 0. The van der Waals surface area contributed by atoms with Crippen molar-refractivity contribution in [3.63, 3.8) is 0 Å². The van der Waals surface area contributed by atoms with Crippen LogP contribution in [0.5, 0.6) is 0 Å². The van der Waals surface area contributed by atoms with E-state index < -0.39 is 5.60 Å². The molecule has 1 fully saturated rings. The Hall–Kier alpha value is -1.72. The van der Waals surface area contributed by atoms with Gasteiger partial charge in [-0.15, -0.1) is 0 Å². The van der Waals surface area contributed by atoms with Crippen molar-refractivity contribution in [2.24, 2.45) is 0 Å². The topological polar surface area (TPSA) is 69.2 Å². The second kappa shape index (κ2) is 4.43. The molecule has 19 heavy (non-hydrogen) atoms. The summed E-state index contributed by atoms with van der Waals surface area (Å²) in [5, 5.41) is 9.94. The summed E-state index contributed by atoms with van der Waals surface area (Å²) in [7, 11) is 0. The van der Waals surface area contributed by atoms with Gasteiger partial charge in [0.2, 0.25) is 0 Å². The SMILES string of the molecule is CC1(O)CCN(Cc2nc3ccccc3[nH]c2=O)C1. The lowest BCUT2D eigenvalue weighted by atomic mass is 10.1. The molecule has 0 aliphatic carbocycles. The largest absolute Gasteiger partial charge is 0.389 e. The van der Waals surface area contributed by atoms with Gasteiger partial charge in [0, 0.05) is 19.6 Å². The average Bonchev–Trinajstić information content (AvgIpc) is 2.70. The van der Waals surface area contributed by atoms with E-state index in [0.717, 1.165) is 24.0 Å². The van der Waals surface area contributed by atoms with E-state index in [-0.39, 0.29) is 5.56 Å². The molecule has 0 spiro atoms. The molecule has 1 unspecified atom stereocenters. The molecule has 0 bridgehead atoms. The fraction of sp³-hybridized carbons (Fsp3) is 0.429. The maximum absolute atomic E-state index is 12.0. The van der Waals surface area contributed by atoms with E-state index in [9.17, 15) is 9.90 Å². The fourth-order valence-electron chi connectivity index (χ4n) is 2.56. The predicted octanol–water partition coefficient (Wildman–Crippen LogP) is 0.880. The molecule has 3 rings (SSSR count). The highest BCUT2D eigenvalue weighted by atomic mass is 16.3. The van der Waals surface area contributed by atoms with Gasteiger partial charge in [0.05, 0.1) is 16.6 Å². The number of nitrogens with zero attached hydrogens (tertiary/aromatic N) is 2. The lowest BCUT2D eigenvalue weighted by Crippen LogP contribution is -2.31. The minimum Gasteiger partial charge on any atom is -0.389 e. The second-order valence-corrected chi connectivity index (χ2v) is 5.49. The Morgan fingerprint density at radius 1 is 1.47 bits per heavy atom. The van der Waals surface area contributed by atoms with Crippen molar-refractivity contribution in [3.8, 4) is 0 Å². The van der Waals surface area contributed by atoms with Crippen LogP contribution in [0.15, 0.2) is 29.1 Å². The molecular formula is C14H17N3O2. The average molecular weight is 259 g/mol. The molecule has 1 atom stereocenters. The summed E-state index contributed by atoms with van der Waals surface area (Å²) in [6.07, 6.45) is 0.735. The summed E-state index contributed by atoms with van der Waals surface area (Å²) in [6, 6.07) is 7.50. The van der Waals surface area contributed by atoms with Gasteiger partial charge in [0.1, 0.15) is 5.69 Å². The number of rotatable bonds is 2. The molecule has 0 saturated carbocycles. The maximum atomic E-state index is 12.0. The number of nitrogens with one attached hydrogen (secondary N) is 1. The lowest BCUT2D eigenvalue weighted by molar-refractivity contribution is 0.0677. The zero-order chi connectivity index (χ0) is 13.5. The van der Waals surface area contributed by atoms with Crippen molar-refractivity contribution in [1.29, 1.82) is 0 Å². The molecule has 1 aromatic heterocycles. The minimum atomic E-state index is -0.649. The van der Waals surface area contributed by atoms with E-state index in [4.69, 9.17) is 0 Å². The van der Waals surface area contributed by atoms with Crippen LogP contribution in [0.1, 0.15) is 19.0 Å². The van der Waals surface area contributed by atoms with Crippen LogP contribution in [0, 0.1) is 0 Å². The first kappa shape index (κ1) is 12.3. The lowest BCUT2D eigenvalue weighted by Gasteiger charge is -2.18. The van der Waals surface area contributed by atoms with Crippen LogP contribution in [-0.2, 0) is 6.54 Å². The Morgan fingerprint density at radius 2 is 2.26 bits per heavy atom. The third-order valence-corrected chi connectivity index (χ3v) is 3.57. The standard InChI is InChI=1S/C14H17N3O2/c1-14(19)6-7-17(9-14)8-12-13(18)16-11-5-3-2-4-10(11)15-12/h2-5,19H,6-9H2,1H3,(H,16,18). The van der Waals surface area contributed by atoms with Gasteiger partial charge in [-0.3, -0.25) is 9.69 Å². The number of β-amino-alcohol motifs (C(OH)–C–C–N with tert-alkyl or cyclic N) is 1. The molecule has 1 aromatic carbocycles. The van der Waals surface area contributed by atoms with Gasteiger partial charge in [-0.25, -0.2) is 4.98 Å². The van der Waals surface area contributed by atoms with Gasteiger partial charge in [0.25, 0.3) is 5.56 Å². The van der Waals surface area contributed by atoms with E-state index in [2.05, 4.69) is 14.9 Å². The van der Waals surface area contributed by atoms with Crippen molar-refractivity contribution in [1.82, 2.24) is 14.9 Å². The van der Waals surface area contributed by atoms with Gasteiger partial charge in [-0.1, -0.05) is 12.1 Å². The zero-order valence-electron chi connectivity index (χ0n) is 10.9. The van der Waals surface area contributed by atoms with E-state index in [0.29, 0.717) is 18.8 Å². The second-order valence-electron chi connectivity index (χ2n) is 5.49. The normalized spacial score (nSPS) is 24.1. The molecule has 2 aromatic rings. The van der Waals surface area contributed by atoms with Crippen molar-refractivity contribution >= 4 is 11.0 Å². The number of para-hydroxylation sites is 2. The highest BCUT2D eigenvalue weighted by molar-refractivity contribution is 5.73. The number of hydrogen-bond acceptors (Lipinski definition) is 4. The molecule has 5 nitrogen and oxygen atoms in total. The Morgan fingerprint density at radius 3 is 3.00 bits per heavy atom. The molecule has 1 saturated heterocycles. The van der Waals surface area contributed by atoms with Gasteiger partial charge >= 0.3 is 0 Å². The molecule has 2 heterocycles. The van der Waals surface area contributed by atoms with Crippen LogP contribution < -0.4 is 5.56 Å². The zero-order valence-corrected chi connectivity index (χ0v) is 10.9. The maximum Gasteiger partial charge on any atom is 0.271 e. The number of aromatic amines is 1. The number of H-pyrrole nitrogens is 1. The van der Waals surface area contributed by atoms with Gasteiger partial charge < -0.3 is 10.1 Å². The van der Waals surface area contributed by atoms with Crippen LogP contribution in [0.25, 0.3) is 11.0 Å². The van der Waals surface area contributed by atoms with Crippen molar-refractivity contribution in [3.05, 3.63) is 40.3 Å². The van der Waals surface area contributed by atoms with Gasteiger partial charge in [-0.05, 0) is 25.5 Å². The first-order valence-electron chi connectivity index (χ1n) is 6.46. The smallest absolute Gasteiger partial charge is 0.271 e. The highest BCUT2D eigenvalue weighted by Crippen LogP contribution is 2.21. The van der Waals surface area contributed by atoms with Gasteiger partial charge in [-0.2, -0.15) is 0 Å². The Labute approximate surface area is 110 Å². The summed E-state index contributed by atoms with van der Waals surface area (Å²) in [5.41, 5.74) is 1.26. The molecule has 1 aliphatic heterocycles. The fourth-order valence-corrected chi connectivity index (χ4v) is 2.56. The summed E-state index contributed by atoms with van der Waals surface area (Å²) < 4.78 is 0. The number of hydrogen-bond donors (Lipinski definition) is 2.